The van der Waals surface area contributed by atoms with E-state index in [2.05, 4.69) is 15.2 Å². The van der Waals surface area contributed by atoms with E-state index in [4.69, 9.17) is 4.74 Å². The van der Waals surface area contributed by atoms with E-state index in [0.717, 1.165) is 17.5 Å². The molecule has 1 atom stereocenters. The number of rotatable bonds is 4. The average Bonchev–Trinajstić information content (AvgIpc) is 3.10. The minimum Gasteiger partial charge on any atom is -0.497 e. The molecule has 0 radical (unpaired) electrons. The van der Waals surface area contributed by atoms with Gasteiger partial charge in [0.25, 0.3) is 5.91 Å². The quantitative estimate of drug-likeness (QED) is 0.709. The summed E-state index contributed by atoms with van der Waals surface area (Å²) < 4.78 is 20.0. The highest BCUT2D eigenvalue weighted by atomic mass is 19.1. The Morgan fingerprint density at radius 1 is 1.15 bits per heavy atom. The normalized spacial score (nSPS) is 16.3. The highest BCUT2D eigenvalue weighted by Crippen LogP contribution is 2.25. The molecule has 7 nitrogen and oxygen atoms in total. The SMILES string of the molecule is COc1ccc(CN2C(=O)c3nnc(-c4ccc(F)cn4)n3C[C@@H]2C)cc1. The van der Waals surface area contributed by atoms with E-state index in [9.17, 15) is 9.18 Å². The van der Waals surface area contributed by atoms with Crippen LogP contribution in [0.2, 0.25) is 0 Å². The Kier molecular flexibility index (Phi) is 4.31. The fourth-order valence-electron chi connectivity index (χ4n) is 3.18. The van der Waals surface area contributed by atoms with Crippen molar-refractivity contribution in [3.05, 3.63) is 59.8 Å². The molecule has 8 heteroatoms. The lowest BCUT2D eigenvalue weighted by atomic mass is 10.1. The zero-order valence-corrected chi connectivity index (χ0v) is 15.0. The predicted octanol–water partition coefficient (Wildman–Crippen LogP) is 2.53. The molecule has 0 fully saturated rings. The van der Waals surface area contributed by atoms with Crippen molar-refractivity contribution in [2.45, 2.75) is 26.1 Å². The molecule has 0 saturated carbocycles. The second-order valence-corrected chi connectivity index (χ2v) is 6.45. The molecular weight excluding hydrogens is 349 g/mol. The van der Waals surface area contributed by atoms with Crippen LogP contribution in [0.1, 0.15) is 23.1 Å². The van der Waals surface area contributed by atoms with E-state index in [1.165, 1.54) is 12.1 Å². The van der Waals surface area contributed by atoms with Gasteiger partial charge in [-0.3, -0.25) is 9.36 Å². The molecular formula is C19H18FN5O2. The van der Waals surface area contributed by atoms with Gasteiger partial charge in [-0.15, -0.1) is 10.2 Å². The number of carbonyl (C=O) groups is 1. The standard InChI is InChI=1S/C19H18FN5O2/c1-12-10-25-17(16-8-5-14(20)9-21-16)22-23-18(25)19(26)24(12)11-13-3-6-15(27-2)7-4-13/h3-9,12H,10-11H2,1-2H3/t12-/m0/s1. The zero-order valence-electron chi connectivity index (χ0n) is 15.0. The second-order valence-electron chi connectivity index (χ2n) is 6.45. The molecule has 0 N–H and O–H groups in total. The predicted molar refractivity (Wildman–Crippen MR) is 95.5 cm³/mol. The zero-order chi connectivity index (χ0) is 19.0. The molecule has 4 rings (SSSR count). The van der Waals surface area contributed by atoms with Crippen LogP contribution in [0.5, 0.6) is 5.75 Å². The molecule has 0 spiro atoms. The third kappa shape index (κ3) is 3.14. The van der Waals surface area contributed by atoms with Gasteiger partial charge in [0.2, 0.25) is 5.82 Å². The van der Waals surface area contributed by atoms with E-state index < -0.39 is 5.82 Å². The molecule has 1 amide bonds. The van der Waals surface area contributed by atoms with Crippen LogP contribution < -0.4 is 4.74 Å². The number of pyridine rings is 1. The number of hydrogen-bond acceptors (Lipinski definition) is 5. The molecule has 1 aliphatic rings. The molecule has 0 bridgehead atoms. The van der Waals surface area contributed by atoms with E-state index in [1.807, 2.05) is 31.2 Å². The Morgan fingerprint density at radius 2 is 1.89 bits per heavy atom. The number of aromatic nitrogens is 4. The lowest BCUT2D eigenvalue weighted by Gasteiger charge is -2.33. The van der Waals surface area contributed by atoms with Crippen molar-refractivity contribution in [1.29, 1.82) is 0 Å². The van der Waals surface area contributed by atoms with Crippen LogP contribution in [-0.2, 0) is 13.1 Å². The third-order valence-electron chi connectivity index (χ3n) is 4.65. The molecule has 27 heavy (non-hydrogen) atoms. The third-order valence-corrected chi connectivity index (χ3v) is 4.65. The molecule has 0 saturated heterocycles. The van der Waals surface area contributed by atoms with Gasteiger partial charge in [-0.2, -0.15) is 0 Å². The van der Waals surface area contributed by atoms with Crippen LogP contribution in [0.4, 0.5) is 4.39 Å². The Hall–Kier alpha value is -3.29. The number of ether oxygens (including phenoxy) is 1. The number of halogens is 1. The van der Waals surface area contributed by atoms with Crippen molar-refractivity contribution < 1.29 is 13.9 Å². The van der Waals surface area contributed by atoms with Crippen molar-refractivity contribution >= 4 is 5.91 Å². The van der Waals surface area contributed by atoms with Gasteiger partial charge in [0.15, 0.2) is 5.82 Å². The van der Waals surface area contributed by atoms with Crippen LogP contribution >= 0.6 is 0 Å². The van der Waals surface area contributed by atoms with Crippen LogP contribution in [0.3, 0.4) is 0 Å². The maximum atomic E-state index is 13.1. The first-order valence-electron chi connectivity index (χ1n) is 8.56. The number of amides is 1. The fraction of sp³-hybridized carbons (Fsp3) is 0.263. The monoisotopic (exact) mass is 367 g/mol. The first kappa shape index (κ1) is 17.1. The number of hydrogen-bond donors (Lipinski definition) is 0. The summed E-state index contributed by atoms with van der Waals surface area (Å²) in [6, 6.07) is 10.4. The minimum absolute atomic E-state index is 0.0534. The topological polar surface area (TPSA) is 73.1 Å². The molecule has 1 aliphatic heterocycles. The van der Waals surface area contributed by atoms with Gasteiger partial charge in [0.1, 0.15) is 17.3 Å². The van der Waals surface area contributed by atoms with Crippen LogP contribution in [0.15, 0.2) is 42.6 Å². The molecule has 2 aromatic heterocycles. The lowest BCUT2D eigenvalue weighted by Crippen LogP contribution is -2.46. The van der Waals surface area contributed by atoms with E-state index >= 15 is 0 Å². The number of nitrogens with zero attached hydrogens (tertiary/aromatic N) is 5. The van der Waals surface area contributed by atoms with Crippen molar-refractivity contribution in [3.8, 4) is 17.3 Å². The van der Waals surface area contributed by atoms with Gasteiger partial charge < -0.3 is 9.64 Å². The van der Waals surface area contributed by atoms with Crippen molar-refractivity contribution in [3.63, 3.8) is 0 Å². The van der Waals surface area contributed by atoms with E-state index in [1.54, 1.807) is 16.6 Å². The Morgan fingerprint density at radius 3 is 2.56 bits per heavy atom. The Labute approximate surface area is 155 Å². The van der Waals surface area contributed by atoms with Gasteiger partial charge in [0, 0.05) is 19.1 Å². The van der Waals surface area contributed by atoms with Gasteiger partial charge >= 0.3 is 0 Å². The highest BCUT2D eigenvalue weighted by molar-refractivity contribution is 5.92. The van der Waals surface area contributed by atoms with Crippen LogP contribution in [0.25, 0.3) is 11.5 Å². The average molecular weight is 367 g/mol. The first-order valence-corrected chi connectivity index (χ1v) is 8.56. The summed E-state index contributed by atoms with van der Waals surface area (Å²) in [6.07, 6.45) is 1.13. The van der Waals surface area contributed by atoms with Gasteiger partial charge in [0.05, 0.1) is 13.3 Å². The first-order chi connectivity index (χ1) is 13.1. The number of fused-ring (bicyclic) bond motifs is 1. The smallest absolute Gasteiger partial charge is 0.292 e. The second kappa shape index (κ2) is 6.79. The summed E-state index contributed by atoms with van der Waals surface area (Å²) in [5, 5.41) is 8.17. The molecule has 0 unspecified atom stereocenters. The number of benzene rings is 1. The number of carbonyl (C=O) groups excluding carboxylic acids is 1. The molecule has 3 heterocycles. The Balaban J connectivity index is 1.61. The van der Waals surface area contributed by atoms with Crippen molar-refractivity contribution in [2.75, 3.05) is 7.11 Å². The molecule has 0 aliphatic carbocycles. The maximum absolute atomic E-state index is 13.1. The lowest BCUT2D eigenvalue weighted by molar-refractivity contribution is 0.0588. The summed E-state index contributed by atoms with van der Waals surface area (Å²) in [5.41, 5.74) is 1.49. The molecule has 3 aromatic rings. The fourth-order valence-corrected chi connectivity index (χ4v) is 3.18. The van der Waals surface area contributed by atoms with Crippen LogP contribution in [0, 0.1) is 5.82 Å². The van der Waals surface area contributed by atoms with Gasteiger partial charge in [-0.1, -0.05) is 12.1 Å². The maximum Gasteiger partial charge on any atom is 0.292 e. The minimum atomic E-state index is -0.424. The molecule has 1 aromatic carbocycles. The van der Waals surface area contributed by atoms with Crippen molar-refractivity contribution in [2.24, 2.45) is 0 Å². The number of methoxy groups -OCH3 is 1. The van der Waals surface area contributed by atoms with Gasteiger partial charge in [-0.25, -0.2) is 9.37 Å². The van der Waals surface area contributed by atoms with Crippen molar-refractivity contribution in [1.82, 2.24) is 24.6 Å². The summed E-state index contributed by atoms with van der Waals surface area (Å²) in [7, 11) is 1.62. The summed E-state index contributed by atoms with van der Waals surface area (Å²) >= 11 is 0. The summed E-state index contributed by atoms with van der Waals surface area (Å²) in [6.45, 7) is 2.99. The summed E-state index contributed by atoms with van der Waals surface area (Å²) in [5.74, 6) is 0.891. The Bertz CT molecular complexity index is 969. The van der Waals surface area contributed by atoms with Crippen LogP contribution in [-0.4, -0.2) is 43.7 Å². The van der Waals surface area contributed by atoms with Gasteiger partial charge in [-0.05, 0) is 36.8 Å². The summed E-state index contributed by atoms with van der Waals surface area (Å²) in [4.78, 5) is 18.8. The van der Waals surface area contributed by atoms with E-state index in [-0.39, 0.29) is 17.8 Å². The highest BCUT2D eigenvalue weighted by Gasteiger charge is 2.34. The molecule has 138 valence electrons. The van der Waals surface area contributed by atoms with E-state index in [0.29, 0.717) is 24.6 Å². The largest absolute Gasteiger partial charge is 0.497 e.